The zero-order valence-corrected chi connectivity index (χ0v) is 16.3. The van der Waals surface area contributed by atoms with E-state index in [4.69, 9.17) is 4.74 Å². The molecule has 8 heteroatoms. The van der Waals surface area contributed by atoms with E-state index in [1.807, 2.05) is 0 Å². The lowest BCUT2D eigenvalue weighted by atomic mass is 10.2. The van der Waals surface area contributed by atoms with Crippen molar-refractivity contribution < 1.29 is 13.9 Å². The van der Waals surface area contributed by atoms with Crippen LogP contribution in [0.2, 0.25) is 0 Å². The van der Waals surface area contributed by atoms with Gasteiger partial charge in [0.2, 0.25) is 5.91 Å². The smallest absolute Gasteiger partial charge is 0.331 e. The number of para-hydroxylation sites is 1. The van der Waals surface area contributed by atoms with E-state index >= 15 is 0 Å². The molecule has 1 heterocycles. The number of benzene rings is 2. The summed E-state index contributed by atoms with van der Waals surface area (Å²) >= 11 is 0. The average molecular weight is 399 g/mol. The highest BCUT2D eigenvalue weighted by Gasteiger charge is 2.15. The molecule has 7 nitrogen and oxygen atoms in total. The maximum atomic E-state index is 13.5. The van der Waals surface area contributed by atoms with Crippen LogP contribution in [0, 0.1) is 12.7 Å². The van der Waals surface area contributed by atoms with Crippen LogP contribution in [0.3, 0.4) is 0 Å². The van der Waals surface area contributed by atoms with Crippen molar-refractivity contribution in [2.45, 2.75) is 26.4 Å². The van der Waals surface area contributed by atoms with Crippen molar-refractivity contribution in [2.75, 3.05) is 19.0 Å². The zero-order chi connectivity index (χ0) is 21.0. The van der Waals surface area contributed by atoms with Crippen LogP contribution in [0.25, 0.3) is 10.9 Å². The molecule has 1 amide bonds. The quantitative estimate of drug-likeness (QED) is 0.618. The van der Waals surface area contributed by atoms with Crippen LogP contribution in [0.1, 0.15) is 12.0 Å². The Balaban J connectivity index is 1.99. The maximum absolute atomic E-state index is 13.5. The molecule has 2 aromatic carbocycles. The lowest BCUT2D eigenvalue weighted by Gasteiger charge is -2.14. The second-order valence-electron chi connectivity index (χ2n) is 6.70. The number of carbonyl (C=O) groups is 1. The third-order valence-corrected chi connectivity index (χ3v) is 4.64. The van der Waals surface area contributed by atoms with Crippen molar-refractivity contribution in [3.63, 3.8) is 0 Å². The minimum absolute atomic E-state index is 0.182. The summed E-state index contributed by atoms with van der Waals surface area (Å²) in [7, 11) is 1.54. The molecule has 0 unspecified atom stereocenters. The van der Waals surface area contributed by atoms with E-state index in [1.165, 1.54) is 16.7 Å². The van der Waals surface area contributed by atoms with Gasteiger partial charge in [-0.25, -0.2) is 9.18 Å². The van der Waals surface area contributed by atoms with Gasteiger partial charge in [0.1, 0.15) is 12.4 Å². The fraction of sp³-hybridized carbons (Fsp3) is 0.286. The van der Waals surface area contributed by atoms with E-state index in [1.54, 1.807) is 44.4 Å². The third-order valence-electron chi connectivity index (χ3n) is 4.64. The first-order chi connectivity index (χ1) is 13.9. The second-order valence-corrected chi connectivity index (χ2v) is 6.70. The van der Waals surface area contributed by atoms with Crippen LogP contribution in [-0.4, -0.2) is 28.8 Å². The largest absolute Gasteiger partial charge is 0.385 e. The molecule has 3 aromatic rings. The predicted octanol–water partition coefficient (Wildman–Crippen LogP) is 2.29. The summed E-state index contributed by atoms with van der Waals surface area (Å²) in [6.07, 6.45) is 0.485. The topological polar surface area (TPSA) is 82.3 Å². The van der Waals surface area contributed by atoms with Crippen LogP contribution in [0.15, 0.2) is 52.1 Å². The lowest BCUT2D eigenvalue weighted by Crippen LogP contribution is -2.42. The molecule has 29 heavy (non-hydrogen) atoms. The number of nitrogens with one attached hydrogen (secondary N) is 1. The Bertz CT molecular complexity index is 1170. The Morgan fingerprint density at radius 1 is 1.14 bits per heavy atom. The van der Waals surface area contributed by atoms with Gasteiger partial charge in [-0.1, -0.05) is 18.2 Å². The maximum Gasteiger partial charge on any atom is 0.331 e. The first kappa shape index (κ1) is 20.5. The number of rotatable bonds is 7. The van der Waals surface area contributed by atoms with Crippen molar-refractivity contribution in [3.05, 3.63) is 74.7 Å². The number of methoxy groups -OCH3 is 1. The van der Waals surface area contributed by atoms with E-state index in [0.29, 0.717) is 35.2 Å². The summed E-state index contributed by atoms with van der Waals surface area (Å²) in [6.45, 7) is 2.02. The summed E-state index contributed by atoms with van der Waals surface area (Å²) < 4.78 is 20.9. The number of ether oxygens (including phenoxy) is 1. The number of halogens is 1. The number of carbonyl (C=O) groups excluding carboxylic acids is 1. The van der Waals surface area contributed by atoms with Crippen LogP contribution < -0.4 is 16.6 Å². The molecule has 0 bridgehead atoms. The normalized spacial score (nSPS) is 11.0. The molecule has 0 fully saturated rings. The number of aryl methyl sites for hydroxylation is 1. The monoisotopic (exact) mass is 399 g/mol. The van der Waals surface area contributed by atoms with Gasteiger partial charge in [0, 0.05) is 25.9 Å². The first-order valence-corrected chi connectivity index (χ1v) is 9.19. The first-order valence-electron chi connectivity index (χ1n) is 9.19. The summed E-state index contributed by atoms with van der Waals surface area (Å²) in [5, 5.41) is 2.98. The highest BCUT2D eigenvalue weighted by Crippen LogP contribution is 2.16. The van der Waals surface area contributed by atoms with Crippen LogP contribution in [-0.2, 0) is 22.6 Å². The number of anilines is 1. The third kappa shape index (κ3) is 4.43. The molecular weight excluding hydrogens is 377 g/mol. The Kier molecular flexibility index (Phi) is 6.23. The van der Waals surface area contributed by atoms with E-state index in [-0.39, 0.29) is 13.1 Å². The van der Waals surface area contributed by atoms with Crippen LogP contribution in [0.5, 0.6) is 0 Å². The standard InChI is InChI=1S/C21H22FN3O4/c1-14-8-9-15(22)12-17(14)23-19(26)13-25-18-7-4-3-6-16(18)20(27)24(21(25)28)10-5-11-29-2/h3-4,6-9,12H,5,10-11,13H2,1-2H3,(H,23,26). The fourth-order valence-corrected chi connectivity index (χ4v) is 3.15. The van der Waals surface area contributed by atoms with Gasteiger partial charge in [0.05, 0.1) is 10.9 Å². The molecule has 0 radical (unpaired) electrons. The number of fused-ring (bicyclic) bond motifs is 1. The number of hydrogen-bond acceptors (Lipinski definition) is 4. The van der Waals surface area contributed by atoms with Gasteiger partial charge in [-0.2, -0.15) is 0 Å². The molecule has 0 spiro atoms. The SMILES string of the molecule is COCCCn1c(=O)c2ccccc2n(CC(=O)Nc2cc(F)ccc2C)c1=O. The van der Waals surface area contributed by atoms with Gasteiger partial charge in [-0.15, -0.1) is 0 Å². The van der Waals surface area contributed by atoms with Crippen molar-refractivity contribution in [1.29, 1.82) is 0 Å². The summed E-state index contributed by atoms with van der Waals surface area (Å²) in [5.41, 5.74) is 0.425. The minimum Gasteiger partial charge on any atom is -0.385 e. The van der Waals surface area contributed by atoms with E-state index in [9.17, 15) is 18.8 Å². The highest BCUT2D eigenvalue weighted by molar-refractivity contribution is 5.92. The average Bonchev–Trinajstić information content (AvgIpc) is 2.70. The van der Waals surface area contributed by atoms with Gasteiger partial charge in [-0.05, 0) is 43.2 Å². The molecule has 0 aliphatic carbocycles. The van der Waals surface area contributed by atoms with Crippen LogP contribution in [0.4, 0.5) is 10.1 Å². The predicted molar refractivity (Wildman–Crippen MR) is 109 cm³/mol. The Hall–Kier alpha value is -3.26. The Morgan fingerprint density at radius 2 is 1.90 bits per heavy atom. The molecule has 0 atom stereocenters. The molecule has 0 saturated heterocycles. The van der Waals surface area contributed by atoms with Gasteiger partial charge in [0.25, 0.3) is 5.56 Å². The molecule has 1 N–H and O–H groups in total. The molecule has 0 aliphatic heterocycles. The van der Waals surface area contributed by atoms with Gasteiger partial charge in [0.15, 0.2) is 0 Å². The van der Waals surface area contributed by atoms with Crippen LogP contribution >= 0.6 is 0 Å². The van der Waals surface area contributed by atoms with E-state index in [2.05, 4.69) is 5.32 Å². The van der Waals surface area contributed by atoms with Crippen molar-refractivity contribution in [1.82, 2.24) is 9.13 Å². The van der Waals surface area contributed by atoms with Crippen molar-refractivity contribution in [2.24, 2.45) is 0 Å². The summed E-state index contributed by atoms with van der Waals surface area (Å²) in [4.78, 5) is 38.3. The van der Waals surface area contributed by atoms with Gasteiger partial charge < -0.3 is 10.1 Å². The Morgan fingerprint density at radius 3 is 2.66 bits per heavy atom. The second kappa shape index (κ2) is 8.83. The van der Waals surface area contributed by atoms with E-state index < -0.39 is 23.0 Å². The molecule has 0 aliphatic rings. The minimum atomic E-state index is -0.573. The molecule has 1 aromatic heterocycles. The van der Waals surface area contributed by atoms with Crippen molar-refractivity contribution in [3.8, 4) is 0 Å². The van der Waals surface area contributed by atoms with Gasteiger partial charge >= 0.3 is 5.69 Å². The lowest BCUT2D eigenvalue weighted by molar-refractivity contribution is -0.116. The van der Waals surface area contributed by atoms with Gasteiger partial charge in [-0.3, -0.25) is 18.7 Å². The van der Waals surface area contributed by atoms with E-state index in [0.717, 1.165) is 4.57 Å². The zero-order valence-electron chi connectivity index (χ0n) is 16.3. The molecular formula is C21H22FN3O4. The molecule has 152 valence electrons. The number of amides is 1. The number of nitrogens with zero attached hydrogens (tertiary/aromatic N) is 2. The fourth-order valence-electron chi connectivity index (χ4n) is 3.15. The van der Waals surface area contributed by atoms with Crippen molar-refractivity contribution >= 4 is 22.5 Å². The molecule has 0 saturated carbocycles. The highest BCUT2D eigenvalue weighted by atomic mass is 19.1. The summed E-state index contributed by atoms with van der Waals surface area (Å²) in [5.74, 6) is -0.965. The number of aromatic nitrogens is 2. The molecule has 3 rings (SSSR count). The number of hydrogen-bond donors (Lipinski definition) is 1. The summed E-state index contributed by atoms with van der Waals surface area (Å²) in [6, 6.07) is 10.7. The Labute approximate surface area is 166 Å².